The van der Waals surface area contributed by atoms with Gasteiger partial charge < -0.3 is 0 Å². The minimum Gasteiger partial charge on any atom is -0.284 e. The molecule has 0 fully saturated rings. The van der Waals surface area contributed by atoms with E-state index in [0.29, 0.717) is 0 Å². The Balaban J connectivity index is 2.05. The van der Waals surface area contributed by atoms with Gasteiger partial charge in [-0.25, -0.2) is 0 Å². The number of benzene rings is 3. The standard InChI is InChI=1S/C20H16BrN3/c21-17-11-13-18(14-12-17)24(19(22)15-7-3-1-4-8-15)20(23)16-9-5-2-6-10-16/h1-14,22-23H. The summed E-state index contributed by atoms with van der Waals surface area (Å²) in [4.78, 5) is 1.65. The summed E-state index contributed by atoms with van der Waals surface area (Å²) >= 11 is 3.43. The van der Waals surface area contributed by atoms with Crippen LogP contribution in [0.2, 0.25) is 0 Å². The van der Waals surface area contributed by atoms with Crippen molar-refractivity contribution in [3.63, 3.8) is 0 Å². The first-order valence-electron chi connectivity index (χ1n) is 7.50. The minimum atomic E-state index is 0.270. The lowest BCUT2D eigenvalue weighted by Gasteiger charge is -2.26. The van der Waals surface area contributed by atoms with Gasteiger partial charge in [0.05, 0.1) is 0 Å². The highest BCUT2D eigenvalue weighted by atomic mass is 79.9. The van der Waals surface area contributed by atoms with Crippen molar-refractivity contribution in [1.82, 2.24) is 0 Å². The van der Waals surface area contributed by atoms with Crippen LogP contribution in [0.3, 0.4) is 0 Å². The third-order valence-corrected chi connectivity index (χ3v) is 4.16. The molecule has 118 valence electrons. The SMILES string of the molecule is N=C(c1ccccc1)N(C(=N)c1ccccc1)c1ccc(Br)cc1. The minimum absolute atomic E-state index is 0.270. The molecule has 0 unspecified atom stereocenters. The number of amidine groups is 2. The average Bonchev–Trinajstić information content (AvgIpc) is 2.64. The van der Waals surface area contributed by atoms with Crippen LogP contribution in [0.5, 0.6) is 0 Å². The normalized spacial score (nSPS) is 10.2. The van der Waals surface area contributed by atoms with Crippen molar-refractivity contribution >= 4 is 33.3 Å². The Morgan fingerprint density at radius 2 is 1.04 bits per heavy atom. The molecule has 4 heteroatoms. The Labute approximate surface area is 149 Å². The van der Waals surface area contributed by atoms with Crippen LogP contribution in [0.15, 0.2) is 89.4 Å². The van der Waals surface area contributed by atoms with E-state index in [-0.39, 0.29) is 11.7 Å². The maximum atomic E-state index is 8.63. The number of nitrogens with one attached hydrogen (secondary N) is 2. The highest BCUT2D eigenvalue weighted by Gasteiger charge is 2.20. The van der Waals surface area contributed by atoms with Crippen molar-refractivity contribution in [2.75, 3.05) is 4.90 Å². The van der Waals surface area contributed by atoms with Crippen LogP contribution in [0.25, 0.3) is 0 Å². The zero-order valence-corrected chi connectivity index (χ0v) is 14.5. The summed E-state index contributed by atoms with van der Waals surface area (Å²) in [6.07, 6.45) is 0. The first-order valence-corrected chi connectivity index (χ1v) is 8.30. The van der Waals surface area contributed by atoms with Crippen molar-refractivity contribution in [3.05, 3.63) is 101 Å². The average molecular weight is 378 g/mol. The third kappa shape index (κ3) is 3.44. The van der Waals surface area contributed by atoms with Gasteiger partial charge in [-0.15, -0.1) is 0 Å². The molecule has 0 aliphatic rings. The Morgan fingerprint density at radius 3 is 1.46 bits per heavy atom. The summed E-state index contributed by atoms with van der Waals surface area (Å²) in [5.74, 6) is 0.540. The van der Waals surface area contributed by atoms with Crippen LogP contribution in [-0.4, -0.2) is 11.7 Å². The molecule has 0 bridgehead atoms. The highest BCUT2D eigenvalue weighted by Crippen LogP contribution is 2.22. The Morgan fingerprint density at radius 1 is 0.625 bits per heavy atom. The second-order valence-electron chi connectivity index (χ2n) is 5.24. The largest absolute Gasteiger partial charge is 0.284 e. The molecule has 0 aromatic heterocycles. The first kappa shape index (κ1) is 16.1. The number of hydrogen-bond donors (Lipinski definition) is 2. The molecule has 3 nitrogen and oxygen atoms in total. The van der Waals surface area contributed by atoms with Crippen LogP contribution in [0.1, 0.15) is 11.1 Å². The number of halogens is 1. The van der Waals surface area contributed by atoms with Gasteiger partial charge >= 0.3 is 0 Å². The molecule has 3 rings (SSSR count). The van der Waals surface area contributed by atoms with Gasteiger partial charge in [-0.2, -0.15) is 0 Å². The van der Waals surface area contributed by atoms with Crippen molar-refractivity contribution < 1.29 is 0 Å². The molecule has 3 aromatic carbocycles. The Hall–Kier alpha value is -2.72. The predicted octanol–water partition coefficient (Wildman–Crippen LogP) is 5.31. The van der Waals surface area contributed by atoms with E-state index in [4.69, 9.17) is 10.8 Å². The fraction of sp³-hybridized carbons (Fsp3) is 0. The number of nitrogens with zero attached hydrogens (tertiary/aromatic N) is 1. The summed E-state index contributed by atoms with van der Waals surface area (Å²) in [5.41, 5.74) is 2.31. The summed E-state index contributed by atoms with van der Waals surface area (Å²) in [5, 5.41) is 17.3. The zero-order valence-electron chi connectivity index (χ0n) is 12.9. The van der Waals surface area contributed by atoms with Crippen molar-refractivity contribution in [1.29, 1.82) is 10.8 Å². The summed E-state index contributed by atoms with van der Waals surface area (Å²) < 4.78 is 0.962. The van der Waals surface area contributed by atoms with E-state index >= 15 is 0 Å². The molecule has 0 heterocycles. The quantitative estimate of drug-likeness (QED) is 0.471. The topological polar surface area (TPSA) is 50.9 Å². The lowest BCUT2D eigenvalue weighted by Crippen LogP contribution is -2.37. The summed E-state index contributed by atoms with van der Waals surface area (Å²) in [6.45, 7) is 0. The Bertz CT molecular complexity index is 792. The van der Waals surface area contributed by atoms with E-state index in [1.54, 1.807) is 4.90 Å². The number of hydrogen-bond acceptors (Lipinski definition) is 2. The molecule has 0 aliphatic carbocycles. The summed E-state index contributed by atoms with van der Waals surface area (Å²) in [7, 11) is 0. The maximum Gasteiger partial charge on any atom is 0.138 e. The first-order chi connectivity index (χ1) is 11.7. The molecule has 0 saturated heterocycles. The zero-order chi connectivity index (χ0) is 16.9. The highest BCUT2D eigenvalue weighted by molar-refractivity contribution is 9.10. The van der Waals surface area contributed by atoms with E-state index in [0.717, 1.165) is 21.3 Å². The van der Waals surface area contributed by atoms with Crippen LogP contribution in [-0.2, 0) is 0 Å². The fourth-order valence-electron chi connectivity index (χ4n) is 2.41. The smallest absolute Gasteiger partial charge is 0.138 e. The fourth-order valence-corrected chi connectivity index (χ4v) is 2.67. The van der Waals surface area contributed by atoms with Crippen molar-refractivity contribution in [3.8, 4) is 0 Å². The third-order valence-electron chi connectivity index (χ3n) is 3.63. The number of rotatable bonds is 3. The van der Waals surface area contributed by atoms with Gasteiger partial charge in [-0.3, -0.25) is 15.7 Å². The van der Waals surface area contributed by atoms with Gasteiger partial charge in [0, 0.05) is 21.3 Å². The van der Waals surface area contributed by atoms with E-state index in [9.17, 15) is 0 Å². The van der Waals surface area contributed by atoms with Gasteiger partial charge in [-0.1, -0.05) is 76.6 Å². The van der Waals surface area contributed by atoms with E-state index in [2.05, 4.69) is 15.9 Å². The molecule has 0 atom stereocenters. The number of anilines is 1. The molecular weight excluding hydrogens is 362 g/mol. The molecule has 0 saturated carbocycles. The van der Waals surface area contributed by atoms with Crippen LogP contribution >= 0.6 is 15.9 Å². The van der Waals surface area contributed by atoms with E-state index in [1.165, 1.54) is 0 Å². The van der Waals surface area contributed by atoms with Gasteiger partial charge in [-0.05, 0) is 24.3 Å². The Kier molecular flexibility index (Phi) is 4.87. The molecule has 3 aromatic rings. The van der Waals surface area contributed by atoms with Crippen molar-refractivity contribution in [2.24, 2.45) is 0 Å². The lowest BCUT2D eigenvalue weighted by molar-refractivity contribution is 1.28. The second-order valence-corrected chi connectivity index (χ2v) is 6.16. The van der Waals surface area contributed by atoms with E-state index in [1.807, 2.05) is 84.9 Å². The van der Waals surface area contributed by atoms with Crippen LogP contribution in [0, 0.1) is 10.8 Å². The molecule has 2 N–H and O–H groups in total. The predicted molar refractivity (Wildman–Crippen MR) is 103 cm³/mol. The van der Waals surface area contributed by atoms with Gasteiger partial charge in [0.25, 0.3) is 0 Å². The molecular formula is C20H16BrN3. The van der Waals surface area contributed by atoms with Crippen LogP contribution < -0.4 is 4.90 Å². The molecule has 0 spiro atoms. The van der Waals surface area contributed by atoms with Gasteiger partial charge in [0.1, 0.15) is 11.7 Å². The molecule has 24 heavy (non-hydrogen) atoms. The van der Waals surface area contributed by atoms with Gasteiger partial charge in [0.15, 0.2) is 0 Å². The maximum absolute atomic E-state index is 8.63. The lowest BCUT2D eigenvalue weighted by atomic mass is 10.1. The molecule has 0 aliphatic heterocycles. The molecule has 0 radical (unpaired) electrons. The van der Waals surface area contributed by atoms with Crippen LogP contribution in [0.4, 0.5) is 5.69 Å². The summed E-state index contributed by atoms with van der Waals surface area (Å²) in [6, 6.07) is 26.6. The van der Waals surface area contributed by atoms with E-state index < -0.39 is 0 Å². The van der Waals surface area contributed by atoms with Crippen molar-refractivity contribution in [2.45, 2.75) is 0 Å². The second kappa shape index (κ2) is 7.23. The van der Waals surface area contributed by atoms with Gasteiger partial charge in [0.2, 0.25) is 0 Å². The monoisotopic (exact) mass is 377 g/mol. The molecule has 0 amide bonds.